The van der Waals surface area contributed by atoms with Crippen LogP contribution in [0.2, 0.25) is 0 Å². The van der Waals surface area contributed by atoms with E-state index in [-0.39, 0.29) is 5.41 Å². The Morgan fingerprint density at radius 3 is 2.61 bits per heavy atom. The molecule has 0 unspecified atom stereocenters. The van der Waals surface area contributed by atoms with Crippen molar-refractivity contribution in [1.29, 1.82) is 0 Å². The number of hydrogen-bond acceptors (Lipinski definition) is 3. The number of nitrogens with zero attached hydrogens (tertiary/aromatic N) is 2. The van der Waals surface area contributed by atoms with Crippen molar-refractivity contribution in [2.75, 3.05) is 11.4 Å². The van der Waals surface area contributed by atoms with Crippen molar-refractivity contribution in [3.63, 3.8) is 0 Å². The van der Waals surface area contributed by atoms with Crippen LogP contribution in [0.25, 0.3) is 0 Å². The Bertz CT molecular complexity index is 469. The van der Waals surface area contributed by atoms with Gasteiger partial charge < -0.3 is 10.0 Å². The molecule has 0 amide bonds. The van der Waals surface area contributed by atoms with E-state index in [1.165, 1.54) is 6.07 Å². The lowest BCUT2D eigenvalue weighted by atomic mass is 9.61. The highest BCUT2D eigenvalue weighted by molar-refractivity contribution is 5.48. The fourth-order valence-electron chi connectivity index (χ4n) is 3.36. The highest BCUT2D eigenvalue weighted by Crippen LogP contribution is 2.58. The maximum Gasteiger partial charge on any atom is 0.215 e. The van der Waals surface area contributed by atoms with Crippen molar-refractivity contribution in [2.45, 2.75) is 45.3 Å². The van der Waals surface area contributed by atoms with E-state index < -0.39 is 11.5 Å². The summed E-state index contributed by atoms with van der Waals surface area (Å²) in [5, 5.41) is 10.3. The fourth-order valence-corrected chi connectivity index (χ4v) is 3.36. The maximum absolute atomic E-state index is 13.4. The number of halogens is 1. The van der Waals surface area contributed by atoms with E-state index in [4.69, 9.17) is 0 Å². The first kappa shape index (κ1) is 11.9. The lowest BCUT2D eigenvalue weighted by Crippen LogP contribution is -2.50. The summed E-state index contributed by atoms with van der Waals surface area (Å²) in [5.74, 6) is 0.285. The predicted molar refractivity (Wildman–Crippen MR) is 68.0 cm³/mol. The van der Waals surface area contributed by atoms with Gasteiger partial charge in [0.1, 0.15) is 5.82 Å². The normalized spacial score (nSPS) is 30.5. The molecule has 2 bridgehead atoms. The molecule has 1 aliphatic carbocycles. The van der Waals surface area contributed by atoms with Gasteiger partial charge in [0.15, 0.2) is 0 Å². The lowest BCUT2D eigenvalue weighted by Gasteiger charge is -2.45. The molecule has 4 rings (SSSR count). The standard InChI is InChI=1S/C14H19FN2O/c1-9-4-11(15)16-12(5-9)17-8-14(13(2,3)18)6-10(17)7-14/h4-5,10,18H,6-8H2,1-3H3. The van der Waals surface area contributed by atoms with Crippen LogP contribution < -0.4 is 4.90 Å². The van der Waals surface area contributed by atoms with Gasteiger partial charge in [-0.05, 0) is 51.3 Å². The minimum atomic E-state index is -0.680. The van der Waals surface area contributed by atoms with Gasteiger partial charge in [-0.3, -0.25) is 0 Å². The van der Waals surface area contributed by atoms with E-state index in [1.807, 2.05) is 26.8 Å². The molecule has 3 nitrogen and oxygen atoms in total. The molecule has 1 N–H and O–H groups in total. The van der Waals surface area contributed by atoms with Gasteiger partial charge in [0.2, 0.25) is 5.95 Å². The molecular formula is C14H19FN2O. The largest absolute Gasteiger partial charge is 0.390 e. The number of fused-ring (bicyclic) bond motifs is 1. The zero-order chi connectivity index (χ0) is 13.1. The highest BCUT2D eigenvalue weighted by atomic mass is 19.1. The third kappa shape index (κ3) is 1.55. The molecule has 4 heteroatoms. The van der Waals surface area contributed by atoms with Crippen LogP contribution >= 0.6 is 0 Å². The average Bonchev–Trinajstić information content (AvgIpc) is 2.68. The maximum atomic E-state index is 13.4. The third-order valence-corrected chi connectivity index (χ3v) is 4.68. The molecule has 3 fully saturated rings. The van der Waals surface area contributed by atoms with Gasteiger partial charge in [-0.2, -0.15) is 4.39 Å². The highest BCUT2D eigenvalue weighted by Gasteiger charge is 2.62. The van der Waals surface area contributed by atoms with Crippen LogP contribution in [-0.4, -0.2) is 28.3 Å². The molecule has 0 spiro atoms. The fraction of sp³-hybridized carbons (Fsp3) is 0.643. The number of aliphatic hydroxyl groups is 1. The molecule has 18 heavy (non-hydrogen) atoms. The average molecular weight is 250 g/mol. The molecule has 2 aliphatic heterocycles. The van der Waals surface area contributed by atoms with Crippen LogP contribution in [0, 0.1) is 18.3 Å². The number of aryl methyl sites for hydroxylation is 1. The lowest BCUT2D eigenvalue weighted by molar-refractivity contribution is -0.0754. The van der Waals surface area contributed by atoms with Crippen molar-refractivity contribution < 1.29 is 9.50 Å². The van der Waals surface area contributed by atoms with Gasteiger partial charge in [0, 0.05) is 18.0 Å². The monoisotopic (exact) mass is 250 g/mol. The molecule has 2 saturated heterocycles. The summed E-state index contributed by atoms with van der Waals surface area (Å²) < 4.78 is 13.4. The van der Waals surface area contributed by atoms with E-state index in [9.17, 15) is 9.50 Å². The minimum Gasteiger partial charge on any atom is -0.390 e. The number of rotatable bonds is 2. The van der Waals surface area contributed by atoms with Crippen molar-refractivity contribution in [3.8, 4) is 0 Å². The second-order valence-corrected chi connectivity index (χ2v) is 6.35. The summed E-state index contributed by atoms with van der Waals surface area (Å²) in [5.41, 5.74) is 0.166. The summed E-state index contributed by atoms with van der Waals surface area (Å²) in [6, 6.07) is 3.77. The van der Waals surface area contributed by atoms with Gasteiger partial charge in [0.05, 0.1) is 5.60 Å². The first-order valence-corrected chi connectivity index (χ1v) is 6.44. The molecular weight excluding hydrogens is 231 g/mol. The first-order chi connectivity index (χ1) is 8.31. The van der Waals surface area contributed by atoms with Crippen LogP contribution in [0.5, 0.6) is 0 Å². The third-order valence-electron chi connectivity index (χ3n) is 4.68. The summed E-state index contributed by atoms with van der Waals surface area (Å²) in [7, 11) is 0. The number of pyridine rings is 1. The Hall–Kier alpha value is -1.16. The van der Waals surface area contributed by atoms with E-state index in [0.717, 1.165) is 24.9 Å². The Morgan fingerprint density at radius 2 is 2.11 bits per heavy atom. The van der Waals surface area contributed by atoms with Crippen LogP contribution in [0.3, 0.4) is 0 Å². The summed E-state index contributed by atoms with van der Waals surface area (Å²) in [4.78, 5) is 6.13. The SMILES string of the molecule is Cc1cc(F)nc(N2CC3(C(C)(C)O)CC2C3)c1. The van der Waals surface area contributed by atoms with Crippen LogP contribution in [0.4, 0.5) is 10.2 Å². The van der Waals surface area contributed by atoms with Crippen LogP contribution in [0.1, 0.15) is 32.3 Å². The number of aromatic nitrogens is 1. The van der Waals surface area contributed by atoms with Gasteiger partial charge in [0.25, 0.3) is 0 Å². The molecule has 1 saturated carbocycles. The smallest absolute Gasteiger partial charge is 0.215 e. The molecule has 98 valence electrons. The second-order valence-electron chi connectivity index (χ2n) is 6.35. The van der Waals surface area contributed by atoms with Crippen molar-refractivity contribution in [1.82, 2.24) is 4.98 Å². The molecule has 3 aliphatic rings. The molecule has 0 radical (unpaired) electrons. The Balaban J connectivity index is 1.89. The summed E-state index contributed by atoms with van der Waals surface area (Å²) >= 11 is 0. The Morgan fingerprint density at radius 1 is 1.44 bits per heavy atom. The minimum absolute atomic E-state index is 0.0421. The van der Waals surface area contributed by atoms with Gasteiger partial charge >= 0.3 is 0 Å². The Labute approximate surface area is 107 Å². The predicted octanol–water partition coefficient (Wildman–Crippen LogP) is 2.27. The van der Waals surface area contributed by atoms with Gasteiger partial charge in [-0.25, -0.2) is 4.98 Å². The van der Waals surface area contributed by atoms with Crippen molar-refractivity contribution in [3.05, 3.63) is 23.6 Å². The van der Waals surface area contributed by atoms with Gasteiger partial charge in [-0.1, -0.05) is 0 Å². The zero-order valence-corrected chi connectivity index (χ0v) is 11.1. The molecule has 1 aromatic heterocycles. The molecule has 0 atom stereocenters. The molecule has 3 heterocycles. The zero-order valence-electron chi connectivity index (χ0n) is 11.1. The summed E-state index contributed by atoms with van der Waals surface area (Å²) in [6.45, 7) is 6.39. The molecule has 1 aromatic rings. The Kier molecular flexibility index (Phi) is 2.28. The quantitative estimate of drug-likeness (QED) is 0.818. The van der Waals surface area contributed by atoms with Crippen molar-refractivity contribution >= 4 is 5.82 Å². The van der Waals surface area contributed by atoms with E-state index in [2.05, 4.69) is 9.88 Å². The molecule has 0 aromatic carbocycles. The first-order valence-electron chi connectivity index (χ1n) is 6.44. The van der Waals surface area contributed by atoms with E-state index in [0.29, 0.717) is 11.9 Å². The summed E-state index contributed by atoms with van der Waals surface area (Å²) in [6.07, 6.45) is 1.96. The van der Waals surface area contributed by atoms with E-state index >= 15 is 0 Å². The topological polar surface area (TPSA) is 36.4 Å². The van der Waals surface area contributed by atoms with E-state index in [1.54, 1.807) is 0 Å². The van der Waals surface area contributed by atoms with Crippen LogP contribution in [-0.2, 0) is 0 Å². The number of anilines is 1. The number of hydrogen-bond donors (Lipinski definition) is 1. The van der Waals surface area contributed by atoms with Crippen LogP contribution in [0.15, 0.2) is 12.1 Å². The second kappa shape index (κ2) is 3.44. The van der Waals surface area contributed by atoms with Crippen molar-refractivity contribution in [2.24, 2.45) is 5.41 Å². The van der Waals surface area contributed by atoms with Gasteiger partial charge in [-0.15, -0.1) is 0 Å².